The molecule has 0 aromatic carbocycles. The van der Waals surface area contributed by atoms with E-state index in [0.29, 0.717) is 12.8 Å². The zero-order valence-corrected chi connectivity index (χ0v) is 21.5. The minimum absolute atomic E-state index is 0.154. The van der Waals surface area contributed by atoms with Gasteiger partial charge in [-0.3, -0.25) is 19.2 Å². The van der Waals surface area contributed by atoms with Gasteiger partial charge in [0.15, 0.2) is 12.6 Å². The lowest BCUT2D eigenvalue weighted by Gasteiger charge is -2.49. The van der Waals surface area contributed by atoms with Crippen LogP contribution in [-0.2, 0) is 38.1 Å². The molecule has 0 aromatic rings. The van der Waals surface area contributed by atoms with E-state index < -0.39 is 98.4 Å². The summed E-state index contributed by atoms with van der Waals surface area (Å²) in [4.78, 5) is 44.4. The van der Waals surface area contributed by atoms with Gasteiger partial charge in [-0.15, -0.1) is 0 Å². The third kappa shape index (κ3) is 7.27. The van der Waals surface area contributed by atoms with Crippen LogP contribution in [0.3, 0.4) is 0 Å². The van der Waals surface area contributed by atoms with E-state index in [9.17, 15) is 54.9 Å². The first-order valence-electron chi connectivity index (χ1n) is 12.7. The van der Waals surface area contributed by atoms with Gasteiger partial charge in [-0.25, -0.2) is 0 Å². The van der Waals surface area contributed by atoms with E-state index in [1.165, 1.54) is 0 Å². The fourth-order valence-electron chi connectivity index (χ4n) is 5.20. The van der Waals surface area contributed by atoms with E-state index in [2.05, 4.69) is 21.3 Å². The first-order valence-corrected chi connectivity index (χ1v) is 12.7. The molecular formula is C22H36N4O15. The highest BCUT2D eigenvalue weighted by Crippen LogP contribution is 2.32. The number of aliphatic hydroxyl groups excluding tert-OH is 7. The van der Waals surface area contributed by atoms with Crippen molar-refractivity contribution in [2.45, 2.75) is 98.2 Å². The normalized spacial score (nSPS) is 44.7. The summed E-state index contributed by atoms with van der Waals surface area (Å²) >= 11 is 0. The van der Waals surface area contributed by atoms with Gasteiger partial charge in [-0.2, -0.15) is 0 Å². The fraction of sp³-hybridized carbons (Fsp3) is 0.818. The van der Waals surface area contributed by atoms with E-state index >= 15 is 0 Å². The number of amides is 4. The second kappa shape index (κ2) is 15.1. The number of aliphatic hydroxyl groups is 7. The minimum atomic E-state index is -1.85. The molecule has 15 atom stereocenters. The number of hydrogen-bond acceptors (Lipinski definition) is 15. The molecule has 3 rings (SSSR count). The number of rotatable bonds is 14. The van der Waals surface area contributed by atoms with Gasteiger partial charge in [-0.1, -0.05) is 0 Å². The third-order valence-electron chi connectivity index (χ3n) is 7.34. The highest BCUT2D eigenvalue weighted by Gasteiger charge is 2.53. The van der Waals surface area contributed by atoms with E-state index in [0.717, 1.165) is 0 Å². The first kappa shape index (κ1) is 32.9. The topological polar surface area (TPSA) is 295 Å². The molecule has 3 fully saturated rings. The summed E-state index contributed by atoms with van der Waals surface area (Å²) in [6, 6.07) is -3.46. The van der Waals surface area contributed by atoms with Crippen molar-refractivity contribution >= 4 is 25.6 Å². The van der Waals surface area contributed by atoms with Crippen LogP contribution in [0.4, 0.5) is 0 Å². The van der Waals surface area contributed by atoms with Gasteiger partial charge in [0.25, 0.3) is 0 Å². The molecule has 19 nitrogen and oxygen atoms in total. The van der Waals surface area contributed by atoms with Crippen LogP contribution in [0.15, 0.2) is 0 Å². The van der Waals surface area contributed by atoms with Crippen molar-refractivity contribution in [3.8, 4) is 0 Å². The van der Waals surface area contributed by atoms with Gasteiger partial charge in [0.05, 0.1) is 24.7 Å². The molecule has 4 amide bonds. The molecule has 19 heteroatoms. The predicted molar refractivity (Wildman–Crippen MR) is 128 cm³/mol. The lowest BCUT2D eigenvalue weighted by molar-refractivity contribution is -0.334. The molecule has 2 saturated heterocycles. The summed E-state index contributed by atoms with van der Waals surface area (Å²) in [5, 5.41) is 82.3. The average molecular weight is 597 g/mol. The quantitative estimate of drug-likeness (QED) is 0.0830. The van der Waals surface area contributed by atoms with Gasteiger partial charge in [0.1, 0.15) is 61.0 Å². The molecule has 0 spiro atoms. The lowest BCUT2D eigenvalue weighted by atomic mass is 9.83. The number of hydrogen-bond donors (Lipinski definition) is 11. The summed E-state index contributed by atoms with van der Waals surface area (Å²) in [6.07, 6.45) is -18.2. The highest BCUT2D eigenvalue weighted by atomic mass is 16.7. The Morgan fingerprint density at radius 3 is 1.68 bits per heavy atom. The van der Waals surface area contributed by atoms with E-state index in [4.69, 9.17) is 18.9 Å². The summed E-state index contributed by atoms with van der Waals surface area (Å²) in [5.41, 5.74) is 0. The van der Waals surface area contributed by atoms with Gasteiger partial charge in [-0.05, 0) is 6.42 Å². The summed E-state index contributed by atoms with van der Waals surface area (Å²) in [6.45, 7) is -1.02. The van der Waals surface area contributed by atoms with Crippen LogP contribution >= 0.6 is 0 Å². The van der Waals surface area contributed by atoms with Crippen molar-refractivity contribution in [3.05, 3.63) is 0 Å². The van der Waals surface area contributed by atoms with Crippen molar-refractivity contribution in [3.63, 3.8) is 0 Å². The van der Waals surface area contributed by atoms with Crippen LogP contribution in [0.25, 0.3) is 0 Å². The van der Waals surface area contributed by atoms with Crippen LogP contribution in [0.5, 0.6) is 0 Å². The smallest absolute Gasteiger partial charge is 0.207 e. The fourth-order valence-corrected chi connectivity index (χ4v) is 5.20. The monoisotopic (exact) mass is 596 g/mol. The molecule has 41 heavy (non-hydrogen) atoms. The lowest BCUT2D eigenvalue weighted by Crippen LogP contribution is -2.69. The maximum Gasteiger partial charge on any atom is 0.207 e. The molecule has 0 aromatic heterocycles. The molecule has 1 saturated carbocycles. The summed E-state index contributed by atoms with van der Waals surface area (Å²) < 4.78 is 22.5. The van der Waals surface area contributed by atoms with Crippen LogP contribution in [0.2, 0.25) is 0 Å². The Bertz CT molecular complexity index is 875. The van der Waals surface area contributed by atoms with Gasteiger partial charge < -0.3 is 76.0 Å². The number of ether oxygens (including phenoxy) is 4. The number of carbonyl (C=O) groups is 4. The van der Waals surface area contributed by atoms with Crippen molar-refractivity contribution in [1.29, 1.82) is 0 Å². The zero-order chi connectivity index (χ0) is 30.3. The largest absolute Gasteiger partial charge is 0.394 e. The molecule has 2 heterocycles. The third-order valence-corrected chi connectivity index (χ3v) is 7.34. The van der Waals surface area contributed by atoms with Crippen molar-refractivity contribution in [1.82, 2.24) is 21.3 Å². The molecule has 0 radical (unpaired) electrons. The molecule has 1 aliphatic carbocycles. The Kier molecular flexibility index (Phi) is 12.1. The van der Waals surface area contributed by atoms with Crippen molar-refractivity contribution in [2.75, 3.05) is 13.2 Å². The average Bonchev–Trinajstić information content (AvgIpc) is 2.95. The van der Waals surface area contributed by atoms with Crippen LogP contribution in [0.1, 0.15) is 6.42 Å². The Morgan fingerprint density at radius 2 is 1.17 bits per heavy atom. The Hall–Kier alpha value is -2.56. The van der Waals surface area contributed by atoms with Gasteiger partial charge in [0, 0.05) is 6.54 Å². The summed E-state index contributed by atoms with van der Waals surface area (Å²) in [7, 11) is 0. The van der Waals surface area contributed by atoms with E-state index in [1.807, 2.05) is 0 Å². The molecule has 2 aliphatic heterocycles. The minimum Gasteiger partial charge on any atom is -0.394 e. The second-order valence-electron chi connectivity index (χ2n) is 9.77. The Labute approximate surface area is 232 Å². The SMILES string of the molecule is O=CNC[C@H]1O[C@H](O[C@H]2[C@H](O)[C@@H](O[C@H]3O[C@H](CO)[C@@H](O)[C@H](NC=O)[C@H]3O)[C@H](NC=O)C[C@@H]2NC=O)[C@H](O)[C@@H](O)[C@@H]1O. The van der Waals surface area contributed by atoms with E-state index in [-0.39, 0.29) is 25.8 Å². The first-order chi connectivity index (χ1) is 19.6. The van der Waals surface area contributed by atoms with E-state index in [1.54, 1.807) is 0 Å². The van der Waals surface area contributed by atoms with Crippen LogP contribution in [0, 0.1) is 0 Å². The molecule has 0 unspecified atom stereocenters. The maximum atomic E-state index is 11.4. The predicted octanol–water partition coefficient (Wildman–Crippen LogP) is -8.14. The van der Waals surface area contributed by atoms with Crippen molar-refractivity contribution < 1.29 is 73.9 Å². The summed E-state index contributed by atoms with van der Waals surface area (Å²) in [5.74, 6) is 0. The number of carbonyl (C=O) groups excluding carboxylic acids is 4. The molecular weight excluding hydrogens is 560 g/mol. The highest BCUT2D eigenvalue weighted by molar-refractivity contribution is 5.49. The molecule has 234 valence electrons. The maximum absolute atomic E-state index is 11.4. The molecule has 3 aliphatic rings. The van der Waals surface area contributed by atoms with Crippen LogP contribution in [-0.4, -0.2) is 166 Å². The Balaban J connectivity index is 1.87. The zero-order valence-electron chi connectivity index (χ0n) is 21.5. The Morgan fingerprint density at radius 1 is 0.634 bits per heavy atom. The van der Waals surface area contributed by atoms with Gasteiger partial charge >= 0.3 is 0 Å². The second-order valence-corrected chi connectivity index (χ2v) is 9.77. The van der Waals surface area contributed by atoms with Crippen molar-refractivity contribution in [2.24, 2.45) is 0 Å². The standard InChI is InChI=1S/C22H36N4O15/c27-3-11-13(32)12(26-7-31)15(34)21(39-11)40-19-8(24-5-29)1-9(25-6-30)20(18(19)37)41-22-17(36)16(35)14(33)10(38-22)2-23-4-28/h4-22,27,32-37H,1-3H2,(H,23,28)(H,24,29)(H,25,30)(H,26,31)/t8-,9+,10-,11-,12+,13-,14-,15-,16+,17-,18-,19+,20-,21-,22-/m1/s1. The number of nitrogens with one attached hydrogen (secondary N) is 4. The molecule has 11 N–H and O–H groups in total. The molecule has 0 bridgehead atoms. The van der Waals surface area contributed by atoms with Crippen LogP contribution < -0.4 is 21.3 Å². The van der Waals surface area contributed by atoms with Gasteiger partial charge in [0.2, 0.25) is 25.6 Å².